The molecule has 4 heteroatoms. The first-order chi connectivity index (χ1) is 14.7. The van der Waals surface area contributed by atoms with E-state index in [4.69, 9.17) is 10.2 Å². The smallest absolute Gasteiger partial charge is 0.106 e. The van der Waals surface area contributed by atoms with Gasteiger partial charge in [0.15, 0.2) is 0 Å². The lowest BCUT2D eigenvalue weighted by Crippen LogP contribution is -3.00. The van der Waals surface area contributed by atoms with Gasteiger partial charge in [-0.15, -0.1) is 0 Å². The molecule has 31 heavy (non-hydrogen) atoms. The summed E-state index contributed by atoms with van der Waals surface area (Å²) < 4.78 is 0.631. The second kappa shape index (κ2) is 26.2. The van der Waals surface area contributed by atoms with Gasteiger partial charge in [0, 0.05) is 0 Å². The molecule has 0 aromatic rings. The van der Waals surface area contributed by atoms with Crippen molar-refractivity contribution in [3.8, 4) is 0 Å². The number of hydrogen-bond donors (Lipinski definition) is 2. The topological polar surface area (TPSA) is 40.5 Å². The monoisotopic (exact) mass is 461 g/mol. The summed E-state index contributed by atoms with van der Waals surface area (Å²) in [6.45, 7) is 3.98. The largest absolute Gasteiger partial charge is 1.00 e. The van der Waals surface area contributed by atoms with Crippen LogP contribution < -0.4 is 12.4 Å². The highest BCUT2D eigenvalue weighted by Crippen LogP contribution is 2.15. The Bertz CT molecular complexity index is 357. The fraction of sp³-hybridized carbons (Fsp3) is 0.926. The molecule has 0 aliphatic rings. The number of likely N-dealkylation sites (N-methyl/N-ethyl adjacent to an activating group) is 1. The molecule has 0 saturated carbocycles. The Hall–Kier alpha value is -0.0900. The number of aliphatic hydroxyl groups is 2. The van der Waals surface area contributed by atoms with Gasteiger partial charge in [-0.2, -0.15) is 0 Å². The van der Waals surface area contributed by atoms with Crippen molar-refractivity contribution in [2.24, 2.45) is 0 Å². The van der Waals surface area contributed by atoms with Crippen molar-refractivity contribution < 1.29 is 27.1 Å². The molecule has 0 saturated heterocycles. The van der Waals surface area contributed by atoms with E-state index in [1.165, 1.54) is 116 Å². The number of halogens is 1. The van der Waals surface area contributed by atoms with E-state index in [1.54, 1.807) is 0 Å². The van der Waals surface area contributed by atoms with Crippen LogP contribution in [0.1, 0.15) is 129 Å². The van der Waals surface area contributed by atoms with Crippen molar-refractivity contribution in [3.63, 3.8) is 0 Å². The summed E-state index contributed by atoms with van der Waals surface area (Å²) in [7, 11) is 2.07. The predicted molar refractivity (Wildman–Crippen MR) is 133 cm³/mol. The molecule has 0 aromatic heterocycles. The van der Waals surface area contributed by atoms with Crippen molar-refractivity contribution in [3.05, 3.63) is 12.3 Å². The van der Waals surface area contributed by atoms with Crippen LogP contribution in [0.25, 0.3) is 0 Å². The van der Waals surface area contributed by atoms with E-state index in [1.807, 2.05) is 0 Å². The zero-order valence-electron chi connectivity index (χ0n) is 21.1. The molecule has 0 aromatic carbocycles. The van der Waals surface area contributed by atoms with Gasteiger partial charge in [0.05, 0.1) is 26.5 Å². The molecule has 188 valence electrons. The second-order valence-corrected chi connectivity index (χ2v) is 9.56. The fourth-order valence-corrected chi connectivity index (χ4v) is 4.21. The molecule has 3 nitrogen and oxygen atoms in total. The summed E-state index contributed by atoms with van der Waals surface area (Å²) in [6, 6.07) is 0. The minimum atomic E-state index is 0. The van der Waals surface area contributed by atoms with E-state index < -0.39 is 0 Å². The van der Waals surface area contributed by atoms with Crippen LogP contribution in [-0.2, 0) is 0 Å². The SMILES string of the molecule is CCCCCCCCCCCCCCCCCCCCC=C[N+](C)(CCO)CCO.[Cl-]. The summed E-state index contributed by atoms with van der Waals surface area (Å²) in [5, 5.41) is 18.3. The van der Waals surface area contributed by atoms with Crippen LogP contribution in [0.4, 0.5) is 0 Å². The third kappa shape index (κ3) is 24.4. The van der Waals surface area contributed by atoms with Crippen molar-refractivity contribution in [2.75, 3.05) is 33.4 Å². The van der Waals surface area contributed by atoms with Crippen LogP contribution in [0, 0.1) is 0 Å². The van der Waals surface area contributed by atoms with E-state index >= 15 is 0 Å². The highest BCUT2D eigenvalue weighted by Gasteiger charge is 2.16. The number of rotatable bonds is 24. The third-order valence-electron chi connectivity index (χ3n) is 6.41. The molecule has 0 radical (unpaired) electrons. The number of nitrogens with zero attached hydrogens (tertiary/aromatic N) is 1. The van der Waals surface area contributed by atoms with Gasteiger partial charge in [-0.25, -0.2) is 0 Å². The molecule has 0 rings (SSSR count). The number of quaternary nitrogens is 1. The van der Waals surface area contributed by atoms with E-state index in [0.29, 0.717) is 17.6 Å². The maximum Gasteiger partial charge on any atom is 0.106 e. The molecular weight excluding hydrogens is 406 g/mol. The Balaban J connectivity index is 0. The average molecular weight is 462 g/mol. The highest BCUT2D eigenvalue weighted by molar-refractivity contribution is 4.74. The third-order valence-corrected chi connectivity index (χ3v) is 6.41. The molecular formula is C27H56ClNO2. The van der Waals surface area contributed by atoms with Gasteiger partial charge >= 0.3 is 0 Å². The lowest BCUT2D eigenvalue weighted by atomic mass is 10.0. The van der Waals surface area contributed by atoms with Crippen LogP contribution in [0.2, 0.25) is 0 Å². The van der Waals surface area contributed by atoms with Crippen LogP contribution in [0.5, 0.6) is 0 Å². The van der Waals surface area contributed by atoms with Crippen molar-refractivity contribution in [1.82, 2.24) is 0 Å². The van der Waals surface area contributed by atoms with Gasteiger partial charge in [0.1, 0.15) is 13.1 Å². The van der Waals surface area contributed by atoms with Crippen LogP contribution in [0.3, 0.4) is 0 Å². The summed E-state index contributed by atoms with van der Waals surface area (Å²) in [5.74, 6) is 0. The number of unbranched alkanes of at least 4 members (excludes halogenated alkanes) is 18. The Labute approximate surface area is 201 Å². The molecule has 0 spiro atoms. The lowest BCUT2D eigenvalue weighted by molar-refractivity contribution is -0.860. The van der Waals surface area contributed by atoms with Gasteiger partial charge in [0.25, 0.3) is 0 Å². The van der Waals surface area contributed by atoms with E-state index in [-0.39, 0.29) is 25.6 Å². The van der Waals surface area contributed by atoms with Gasteiger partial charge in [-0.05, 0) is 18.9 Å². The van der Waals surface area contributed by atoms with E-state index in [0.717, 1.165) is 6.42 Å². The molecule has 0 aliphatic carbocycles. The minimum absolute atomic E-state index is 0. The first-order valence-corrected chi connectivity index (χ1v) is 13.4. The van der Waals surface area contributed by atoms with Gasteiger partial charge in [0.2, 0.25) is 0 Å². The Morgan fingerprint density at radius 2 is 0.871 bits per heavy atom. The van der Waals surface area contributed by atoms with Crippen molar-refractivity contribution in [2.45, 2.75) is 129 Å². The Kier molecular flexibility index (Phi) is 27.9. The summed E-state index contributed by atoms with van der Waals surface area (Å²) in [5.41, 5.74) is 0. The lowest BCUT2D eigenvalue weighted by Gasteiger charge is -2.28. The molecule has 2 N–H and O–H groups in total. The van der Waals surface area contributed by atoms with E-state index in [9.17, 15) is 0 Å². The molecule has 0 unspecified atom stereocenters. The van der Waals surface area contributed by atoms with Gasteiger partial charge < -0.3 is 22.6 Å². The normalized spacial score (nSPS) is 11.9. The van der Waals surface area contributed by atoms with Crippen LogP contribution in [0.15, 0.2) is 12.3 Å². The fourth-order valence-electron chi connectivity index (χ4n) is 4.21. The standard InChI is InChI=1S/C27H56NO2.ClH/c1-3-4-5-6-7-8-9-10-11-12-13-14-15-16-17-18-19-20-21-22-23-28(2,24-26-29)25-27-30;/h22-23,29-30H,3-21,24-27H2,1-2H3;1H/q+1;/p-1. The number of allylic oxidation sites excluding steroid dienone is 1. The molecule has 0 heterocycles. The predicted octanol–water partition coefficient (Wildman–Crippen LogP) is 4.37. The zero-order chi connectivity index (χ0) is 22.2. The van der Waals surface area contributed by atoms with Crippen molar-refractivity contribution >= 4 is 0 Å². The molecule has 0 aliphatic heterocycles. The minimum Gasteiger partial charge on any atom is -1.00 e. The number of aliphatic hydroxyl groups excluding tert-OH is 2. The first-order valence-electron chi connectivity index (χ1n) is 13.4. The highest BCUT2D eigenvalue weighted by atomic mass is 35.5. The molecule has 0 bridgehead atoms. The van der Waals surface area contributed by atoms with Crippen LogP contribution in [-0.4, -0.2) is 48.0 Å². The first kappa shape index (κ1) is 33.1. The van der Waals surface area contributed by atoms with Gasteiger partial charge in [-0.3, -0.25) is 4.48 Å². The van der Waals surface area contributed by atoms with Crippen molar-refractivity contribution in [1.29, 1.82) is 0 Å². The molecule has 0 fully saturated rings. The maximum absolute atomic E-state index is 9.16. The summed E-state index contributed by atoms with van der Waals surface area (Å²) >= 11 is 0. The van der Waals surface area contributed by atoms with Gasteiger partial charge in [-0.1, -0.05) is 116 Å². The quantitative estimate of drug-likeness (QED) is 0.165. The van der Waals surface area contributed by atoms with Crippen LogP contribution >= 0.6 is 0 Å². The zero-order valence-corrected chi connectivity index (χ0v) is 21.9. The summed E-state index contributed by atoms with van der Waals surface area (Å²) in [4.78, 5) is 0. The number of hydrogen-bond acceptors (Lipinski definition) is 2. The molecule has 0 atom stereocenters. The second-order valence-electron chi connectivity index (χ2n) is 9.56. The Morgan fingerprint density at radius 3 is 1.19 bits per heavy atom. The van der Waals surface area contributed by atoms with E-state index in [2.05, 4.69) is 26.2 Å². The maximum atomic E-state index is 9.16. The molecule has 0 amide bonds. The summed E-state index contributed by atoms with van der Waals surface area (Å²) in [6.07, 6.45) is 31.0. The average Bonchev–Trinajstić information content (AvgIpc) is 2.72. The Morgan fingerprint density at radius 1 is 0.548 bits per heavy atom.